The number of aldehydes is 1. The van der Waals surface area contributed by atoms with E-state index in [9.17, 15) is 14.9 Å². The number of hydrogen-bond acceptors (Lipinski definition) is 3. The number of nitrogens with zero attached hydrogens (tertiary/aromatic N) is 1. The van der Waals surface area contributed by atoms with Gasteiger partial charge in [-0.1, -0.05) is 28.1 Å². The number of benzene rings is 1. The van der Waals surface area contributed by atoms with Crippen molar-refractivity contribution >= 4 is 34.0 Å². The largest absolute Gasteiger partial charge is 0.298 e. The summed E-state index contributed by atoms with van der Waals surface area (Å²) in [5.41, 5.74) is 0.873. The highest BCUT2D eigenvalue weighted by molar-refractivity contribution is 9.09. The van der Waals surface area contributed by atoms with E-state index in [1.54, 1.807) is 18.2 Å². The predicted octanol–water partition coefficient (Wildman–Crippen LogP) is 2.82. The van der Waals surface area contributed by atoms with Gasteiger partial charge in [-0.3, -0.25) is 14.9 Å². The van der Waals surface area contributed by atoms with Crippen molar-refractivity contribution in [2.75, 3.05) is 5.33 Å². The summed E-state index contributed by atoms with van der Waals surface area (Å²) in [5, 5.41) is 11.2. The van der Waals surface area contributed by atoms with Crippen LogP contribution in [0.2, 0.25) is 0 Å². The van der Waals surface area contributed by atoms with Gasteiger partial charge in [0.1, 0.15) is 6.29 Å². The maximum absolute atomic E-state index is 10.6. The van der Waals surface area contributed by atoms with Crippen molar-refractivity contribution in [2.24, 2.45) is 0 Å². The zero-order valence-electron chi connectivity index (χ0n) is 7.72. The summed E-state index contributed by atoms with van der Waals surface area (Å²) >= 11 is 3.20. The smallest absolute Gasteiger partial charge is 0.270 e. The van der Waals surface area contributed by atoms with E-state index in [0.717, 1.165) is 0 Å². The fourth-order valence-electron chi connectivity index (χ4n) is 1.11. The molecule has 0 aliphatic heterocycles. The molecule has 0 amide bonds. The number of carbonyl (C=O) groups is 1. The van der Waals surface area contributed by atoms with Crippen LogP contribution in [0.5, 0.6) is 0 Å². The van der Waals surface area contributed by atoms with Crippen molar-refractivity contribution in [3.63, 3.8) is 0 Å². The van der Waals surface area contributed by atoms with Gasteiger partial charge in [0.25, 0.3) is 5.69 Å². The minimum atomic E-state index is -0.515. The molecule has 78 valence electrons. The number of rotatable bonds is 4. The van der Waals surface area contributed by atoms with Gasteiger partial charge in [0.05, 0.1) is 4.92 Å². The van der Waals surface area contributed by atoms with Crippen LogP contribution in [0, 0.1) is 10.1 Å². The third-order valence-corrected chi connectivity index (χ3v) is 2.08. The van der Waals surface area contributed by atoms with Gasteiger partial charge in [0.15, 0.2) is 0 Å². The van der Waals surface area contributed by atoms with E-state index in [0.29, 0.717) is 22.7 Å². The van der Waals surface area contributed by atoms with E-state index in [1.807, 2.05) is 0 Å². The Morgan fingerprint density at radius 3 is 2.53 bits per heavy atom. The first kappa shape index (κ1) is 11.6. The molecule has 0 aliphatic rings. The summed E-state index contributed by atoms with van der Waals surface area (Å²) in [6.07, 6.45) is 4.11. The number of non-ortho nitro benzene ring substituents is 1. The molecule has 1 aromatic rings. The van der Waals surface area contributed by atoms with Crippen LogP contribution in [0.3, 0.4) is 0 Å². The third-order valence-electron chi connectivity index (χ3n) is 1.71. The summed E-state index contributed by atoms with van der Waals surface area (Å²) in [5.74, 6) is 0. The van der Waals surface area contributed by atoms with Gasteiger partial charge in [-0.25, -0.2) is 0 Å². The van der Waals surface area contributed by atoms with Gasteiger partial charge in [-0.15, -0.1) is 0 Å². The third kappa shape index (κ3) is 3.28. The Kier molecular flexibility index (Phi) is 4.17. The Morgan fingerprint density at radius 2 is 2.00 bits per heavy atom. The summed E-state index contributed by atoms with van der Waals surface area (Å²) < 4.78 is 0. The average molecular weight is 270 g/mol. The van der Waals surface area contributed by atoms with Crippen LogP contribution >= 0.6 is 15.9 Å². The summed E-state index contributed by atoms with van der Waals surface area (Å²) in [4.78, 5) is 20.6. The number of allylic oxidation sites excluding steroid dienone is 1. The number of halogens is 1. The van der Waals surface area contributed by atoms with E-state index < -0.39 is 4.92 Å². The molecule has 0 fully saturated rings. The lowest BCUT2D eigenvalue weighted by Gasteiger charge is -1.96. The van der Waals surface area contributed by atoms with Gasteiger partial charge < -0.3 is 0 Å². The lowest BCUT2D eigenvalue weighted by molar-refractivity contribution is -0.384. The van der Waals surface area contributed by atoms with Gasteiger partial charge in [0.2, 0.25) is 0 Å². The minimum Gasteiger partial charge on any atom is -0.298 e. The molecule has 15 heavy (non-hydrogen) atoms. The number of hydrogen-bond donors (Lipinski definition) is 0. The van der Waals surface area contributed by atoms with Crippen LogP contribution < -0.4 is 0 Å². The van der Waals surface area contributed by atoms with E-state index in [4.69, 9.17) is 0 Å². The monoisotopic (exact) mass is 269 g/mol. The van der Waals surface area contributed by atoms with E-state index in [-0.39, 0.29) is 5.69 Å². The Labute approximate surface area is 94.9 Å². The van der Waals surface area contributed by atoms with Crippen LogP contribution in [0.4, 0.5) is 5.69 Å². The zero-order valence-corrected chi connectivity index (χ0v) is 9.31. The molecular formula is C10H8BrNO3. The van der Waals surface area contributed by atoms with E-state index in [2.05, 4.69) is 15.9 Å². The van der Waals surface area contributed by atoms with Crippen molar-refractivity contribution < 1.29 is 9.72 Å². The molecule has 0 saturated carbocycles. The second kappa shape index (κ2) is 5.41. The molecule has 0 aliphatic carbocycles. The van der Waals surface area contributed by atoms with Crippen molar-refractivity contribution in [1.82, 2.24) is 0 Å². The maximum atomic E-state index is 10.6. The van der Waals surface area contributed by atoms with Crippen LogP contribution in [-0.2, 0) is 0 Å². The number of nitro groups is 1. The van der Waals surface area contributed by atoms with E-state index in [1.165, 1.54) is 12.1 Å². The molecule has 0 unspecified atom stereocenters. The van der Waals surface area contributed by atoms with Crippen LogP contribution in [0.25, 0.3) is 6.08 Å². The first-order chi connectivity index (χ1) is 7.17. The van der Waals surface area contributed by atoms with Gasteiger partial charge >= 0.3 is 0 Å². The van der Waals surface area contributed by atoms with Crippen molar-refractivity contribution in [3.05, 3.63) is 45.5 Å². The number of alkyl halides is 1. The quantitative estimate of drug-likeness (QED) is 0.366. The molecule has 0 aromatic heterocycles. The molecule has 0 bridgehead atoms. The molecule has 0 radical (unpaired) electrons. The summed E-state index contributed by atoms with van der Waals surface area (Å²) in [6.45, 7) is 0. The highest BCUT2D eigenvalue weighted by Gasteiger charge is 2.07. The molecule has 0 N–H and O–H groups in total. The topological polar surface area (TPSA) is 60.2 Å². The van der Waals surface area contributed by atoms with Crippen LogP contribution in [0.15, 0.2) is 24.3 Å². The molecule has 0 atom stereocenters. The molecule has 4 nitrogen and oxygen atoms in total. The van der Waals surface area contributed by atoms with E-state index >= 15 is 0 Å². The lowest BCUT2D eigenvalue weighted by Crippen LogP contribution is -1.91. The lowest BCUT2D eigenvalue weighted by atomic mass is 10.1. The zero-order chi connectivity index (χ0) is 11.3. The maximum Gasteiger partial charge on any atom is 0.270 e. The SMILES string of the molecule is O=Cc1cc(C=CCBr)cc([N+](=O)[O-])c1. The molecule has 0 saturated heterocycles. The first-order valence-corrected chi connectivity index (χ1v) is 5.26. The Hall–Kier alpha value is -1.49. The molecule has 5 heteroatoms. The van der Waals surface area contributed by atoms with Crippen molar-refractivity contribution in [1.29, 1.82) is 0 Å². The molecular weight excluding hydrogens is 262 g/mol. The van der Waals surface area contributed by atoms with Crippen LogP contribution in [-0.4, -0.2) is 16.5 Å². The highest BCUT2D eigenvalue weighted by atomic mass is 79.9. The second-order valence-corrected chi connectivity index (χ2v) is 3.44. The van der Waals surface area contributed by atoms with Gasteiger partial charge in [-0.05, 0) is 11.6 Å². The standard InChI is InChI=1S/C10H8BrNO3/c11-3-1-2-8-4-9(7-13)6-10(5-8)12(14)15/h1-2,4-7H,3H2. The van der Waals surface area contributed by atoms with Gasteiger partial charge in [0, 0.05) is 23.0 Å². The Balaban J connectivity index is 3.16. The molecule has 1 rings (SSSR count). The minimum absolute atomic E-state index is 0.0752. The van der Waals surface area contributed by atoms with Crippen molar-refractivity contribution in [3.8, 4) is 0 Å². The predicted molar refractivity (Wildman–Crippen MR) is 61.3 cm³/mol. The van der Waals surface area contributed by atoms with Crippen molar-refractivity contribution in [2.45, 2.75) is 0 Å². The van der Waals surface area contributed by atoms with Crippen LogP contribution in [0.1, 0.15) is 15.9 Å². The summed E-state index contributed by atoms with van der Waals surface area (Å²) in [7, 11) is 0. The fourth-order valence-corrected chi connectivity index (χ4v) is 1.30. The molecule has 0 heterocycles. The second-order valence-electron chi connectivity index (χ2n) is 2.79. The normalized spacial score (nSPS) is 10.5. The molecule has 0 spiro atoms. The first-order valence-electron chi connectivity index (χ1n) is 4.14. The highest BCUT2D eigenvalue weighted by Crippen LogP contribution is 2.17. The number of nitro benzene ring substituents is 1. The Bertz CT molecular complexity index is 415. The fraction of sp³-hybridized carbons (Fsp3) is 0.100. The van der Waals surface area contributed by atoms with Gasteiger partial charge in [-0.2, -0.15) is 0 Å². The summed E-state index contributed by atoms with van der Waals surface area (Å²) in [6, 6.07) is 4.27. The molecule has 1 aromatic carbocycles. The Morgan fingerprint density at radius 1 is 1.33 bits per heavy atom. The average Bonchev–Trinajstić information content (AvgIpc) is 2.25. The number of carbonyl (C=O) groups excluding carboxylic acids is 1.